The highest BCUT2D eigenvalue weighted by molar-refractivity contribution is 9.10. The van der Waals surface area contributed by atoms with Crippen molar-refractivity contribution in [1.29, 1.82) is 0 Å². The third kappa shape index (κ3) is 2.27. The maximum atomic E-state index is 5.65. The van der Waals surface area contributed by atoms with Gasteiger partial charge >= 0.3 is 0 Å². The molecular weight excluding hydrogens is 274 g/mol. The Morgan fingerprint density at radius 1 is 1.56 bits per heavy atom. The Labute approximate surface area is 103 Å². The van der Waals surface area contributed by atoms with Gasteiger partial charge in [0.1, 0.15) is 0 Å². The second-order valence-electron chi connectivity index (χ2n) is 3.98. The van der Waals surface area contributed by atoms with E-state index in [9.17, 15) is 0 Å². The molecule has 0 amide bonds. The van der Waals surface area contributed by atoms with Gasteiger partial charge < -0.3 is 4.74 Å². The van der Waals surface area contributed by atoms with E-state index in [-0.39, 0.29) is 6.04 Å². The van der Waals surface area contributed by atoms with Gasteiger partial charge in [-0.3, -0.25) is 11.3 Å². The van der Waals surface area contributed by atoms with Gasteiger partial charge in [-0.25, -0.2) is 4.68 Å². The zero-order chi connectivity index (χ0) is 11.5. The van der Waals surface area contributed by atoms with Gasteiger partial charge in [-0.1, -0.05) is 5.21 Å². The zero-order valence-electron chi connectivity index (χ0n) is 9.19. The number of rotatable bonds is 3. The molecule has 0 spiro atoms. The van der Waals surface area contributed by atoms with Crippen LogP contribution < -0.4 is 11.3 Å². The lowest BCUT2D eigenvalue weighted by molar-refractivity contribution is 0.0525. The van der Waals surface area contributed by atoms with E-state index in [1.165, 1.54) is 0 Å². The van der Waals surface area contributed by atoms with Crippen molar-refractivity contribution in [3.63, 3.8) is 0 Å². The molecule has 1 aliphatic heterocycles. The van der Waals surface area contributed by atoms with E-state index < -0.39 is 0 Å². The lowest BCUT2D eigenvalue weighted by Gasteiger charge is -2.29. The number of nitrogens with one attached hydrogen (secondary N) is 1. The average Bonchev–Trinajstić information content (AvgIpc) is 2.63. The van der Waals surface area contributed by atoms with Crippen LogP contribution in [0.15, 0.2) is 4.60 Å². The first-order valence-electron chi connectivity index (χ1n) is 5.33. The van der Waals surface area contributed by atoms with Crippen molar-refractivity contribution < 1.29 is 4.74 Å². The van der Waals surface area contributed by atoms with E-state index >= 15 is 0 Å². The molecule has 0 radical (unpaired) electrons. The molecule has 2 rings (SSSR count). The third-order valence-electron chi connectivity index (χ3n) is 3.04. The van der Waals surface area contributed by atoms with Crippen LogP contribution in [0.3, 0.4) is 0 Å². The van der Waals surface area contributed by atoms with Crippen molar-refractivity contribution in [3.8, 4) is 0 Å². The van der Waals surface area contributed by atoms with Crippen LogP contribution in [0.4, 0.5) is 0 Å². The predicted octanol–water partition coefficient (Wildman–Crippen LogP) is 0.509. The number of hydrogen-bond donors (Lipinski definition) is 2. The first-order chi connectivity index (χ1) is 7.74. The maximum absolute atomic E-state index is 5.65. The number of nitrogens with two attached hydrogens (primary N) is 1. The molecule has 6 nitrogen and oxygen atoms in total. The Bertz CT molecular complexity index is 330. The number of hydrogen-bond acceptors (Lipinski definition) is 5. The molecule has 0 saturated carbocycles. The lowest BCUT2D eigenvalue weighted by atomic mass is 9.90. The summed E-state index contributed by atoms with van der Waals surface area (Å²) in [7, 11) is 1.87. The highest BCUT2D eigenvalue weighted by Gasteiger charge is 2.29. The second kappa shape index (κ2) is 5.22. The second-order valence-corrected chi connectivity index (χ2v) is 4.73. The average molecular weight is 290 g/mol. The molecule has 0 bridgehead atoms. The van der Waals surface area contributed by atoms with Crippen molar-refractivity contribution >= 4 is 15.9 Å². The maximum Gasteiger partial charge on any atom is 0.153 e. The molecule has 90 valence electrons. The van der Waals surface area contributed by atoms with Gasteiger partial charge in [0.15, 0.2) is 4.60 Å². The molecule has 2 heterocycles. The van der Waals surface area contributed by atoms with E-state index in [4.69, 9.17) is 10.6 Å². The summed E-state index contributed by atoms with van der Waals surface area (Å²) in [5.41, 5.74) is 3.86. The summed E-state index contributed by atoms with van der Waals surface area (Å²) in [5, 5.41) is 7.96. The quantitative estimate of drug-likeness (QED) is 0.626. The Morgan fingerprint density at radius 3 is 2.75 bits per heavy atom. The molecule has 1 unspecified atom stereocenters. The van der Waals surface area contributed by atoms with E-state index in [1.54, 1.807) is 4.68 Å². The Morgan fingerprint density at radius 2 is 2.25 bits per heavy atom. The first-order valence-corrected chi connectivity index (χ1v) is 6.12. The van der Waals surface area contributed by atoms with Crippen molar-refractivity contribution in [2.45, 2.75) is 18.9 Å². The fourth-order valence-electron chi connectivity index (χ4n) is 2.16. The molecule has 1 fully saturated rings. The summed E-state index contributed by atoms with van der Waals surface area (Å²) in [5.74, 6) is 6.12. The predicted molar refractivity (Wildman–Crippen MR) is 62.3 cm³/mol. The molecule has 7 heteroatoms. The van der Waals surface area contributed by atoms with Gasteiger partial charge in [0.2, 0.25) is 0 Å². The number of aromatic nitrogens is 3. The summed E-state index contributed by atoms with van der Waals surface area (Å²) in [4.78, 5) is 0. The van der Waals surface area contributed by atoms with Crippen LogP contribution in [0.25, 0.3) is 0 Å². The monoisotopic (exact) mass is 289 g/mol. The fraction of sp³-hybridized carbons (Fsp3) is 0.778. The van der Waals surface area contributed by atoms with Crippen molar-refractivity contribution in [1.82, 2.24) is 20.4 Å². The Hall–Kier alpha value is -0.500. The van der Waals surface area contributed by atoms with E-state index in [0.29, 0.717) is 5.92 Å². The molecule has 16 heavy (non-hydrogen) atoms. The minimum atomic E-state index is 0.0678. The van der Waals surface area contributed by atoms with Gasteiger partial charge in [0.05, 0.1) is 11.7 Å². The minimum absolute atomic E-state index is 0.0678. The molecule has 1 aromatic rings. The normalized spacial score (nSPS) is 19.9. The standard InChI is InChI=1S/C9H16BrN5O/c1-15-8(9(10)13-14-15)7(12-11)6-2-4-16-5-3-6/h6-7,12H,2-5,11H2,1H3. The molecule has 1 saturated heterocycles. The van der Waals surface area contributed by atoms with Crippen LogP contribution in [0.5, 0.6) is 0 Å². The lowest BCUT2D eigenvalue weighted by Crippen LogP contribution is -2.37. The van der Waals surface area contributed by atoms with Gasteiger partial charge in [0.25, 0.3) is 0 Å². The zero-order valence-corrected chi connectivity index (χ0v) is 10.8. The fourth-order valence-corrected chi connectivity index (χ4v) is 2.73. The van der Waals surface area contributed by atoms with Crippen LogP contribution in [0, 0.1) is 5.92 Å². The van der Waals surface area contributed by atoms with E-state index in [2.05, 4.69) is 31.7 Å². The van der Waals surface area contributed by atoms with Gasteiger partial charge in [0, 0.05) is 20.3 Å². The van der Waals surface area contributed by atoms with Crippen LogP contribution in [-0.4, -0.2) is 28.2 Å². The highest BCUT2D eigenvalue weighted by atomic mass is 79.9. The number of halogens is 1. The number of aryl methyl sites for hydroxylation is 1. The van der Waals surface area contributed by atoms with Crippen LogP contribution in [-0.2, 0) is 11.8 Å². The van der Waals surface area contributed by atoms with Gasteiger partial charge in [-0.15, -0.1) is 5.10 Å². The number of hydrazine groups is 1. The Balaban J connectivity index is 2.21. The van der Waals surface area contributed by atoms with Crippen LogP contribution in [0.2, 0.25) is 0 Å². The smallest absolute Gasteiger partial charge is 0.153 e. The summed E-state index contributed by atoms with van der Waals surface area (Å²) < 4.78 is 7.86. The summed E-state index contributed by atoms with van der Waals surface area (Å²) in [6.07, 6.45) is 2.01. The van der Waals surface area contributed by atoms with E-state index in [1.807, 2.05) is 7.05 Å². The minimum Gasteiger partial charge on any atom is -0.381 e. The van der Waals surface area contributed by atoms with Crippen molar-refractivity contribution in [2.24, 2.45) is 18.8 Å². The molecule has 0 aliphatic carbocycles. The molecule has 1 aromatic heterocycles. The SMILES string of the molecule is Cn1nnc(Br)c1C(NN)C1CCOCC1. The topological polar surface area (TPSA) is 78.0 Å². The summed E-state index contributed by atoms with van der Waals surface area (Å²) in [6, 6.07) is 0.0678. The first kappa shape index (κ1) is 12.0. The number of ether oxygens (including phenoxy) is 1. The number of nitrogens with zero attached hydrogens (tertiary/aromatic N) is 3. The molecule has 1 aliphatic rings. The largest absolute Gasteiger partial charge is 0.381 e. The molecular formula is C9H16BrN5O. The van der Waals surface area contributed by atoms with Crippen LogP contribution >= 0.6 is 15.9 Å². The van der Waals surface area contributed by atoms with Gasteiger partial charge in [-0.05, 0) is 34.7 Å². The summed E-state index contributed by atoms with van der Waals surface area (Å²) in [6.45, 7) is 1.59. The van der Waals surface area contributed by atoms with Crippen molar-refractivity contribution in [3.05, 3.63) is 10.3 Å². The Kier molecular flexibility index (Phi) is 3.91. The van der Waals surface area contributed by atoms with Gasteiger partial charge in [-0.2, -0.15) is 0 Å². The highest BCUT2D eigenvalue weighted by Crippen LogP contribution is 2.31. The molecule has 3 N–H and O–H groups in total. The summed E-state index contributed by atoms with van der Waals surface area (Å²) >= 11 is 3.40. The molecule has 0 aromatic carbocycles. The van der Waals surface area contributed by atoms with Crippen LogP contribution in [0.1, 0.15) is 24.6 Å². The van der Waals surface area contributed by atoms with E-state index in [0.717, 1.165) is 36.4 Å². The third-order valence-corrected chi connectivity index (χ3v) is 3.60. The molecule has 1 atom stereocenters. The van der Waals surface area contributed by atoms with Crippen molar-refractivity contribution in [2.75, 3.05) is 13.2 Å².